The summed E-state index contributed by atoms with van der Waals surface area (Å²) in [6.07, 6.45) is 10.8. The molecule has 26 heavy (non-hydrogen) atoms. The number of carbonyl (C=O) groups excluding carboxylic acids is 2. The summed E-state index contributed by atoms with van der Waals surface area (Å²) in [5.74, 6) is 2.60. The van der Waals surface area contributed by atoms with Crippen LogP contribution in [0.3, 0.4) is 0 Å². The van der Waals surface area contributed by atoms with E-state index in [9.17, 15) is 9.59 Å². The summed E-state index contributed by atoms with van der Waals surface area (Å²) in [6.45, 7) is 11.3. The Morgan fingerprint density at radius 1 is 0.846 bits per heavy atom. The highest BCUT2D eigenvalue weighted by molar-refractivity contribution is 5.86. The van der Waals surface area contributed by atoms with Crippen LogP contribution in [0, 0.1) is 44.8 Å². The molecule has 5 fully saturated rings. The fraction of sp³-hybridized carbons (Fsp3) is 0.917. The zero-order valence-electron chi connectivity index (χ0n) is 17.4. The SMILES string of the molecule is CC(=O)C1CC[C@@]2(C)C3CCC4C(C)(C)C(=O)CCC45CC35CC[C@]12C. The first-order chi connectivity index (χ1) is 12.1. The molecule has 0 amide bonds. The number of rotatable bonds is 1. The zero-order chi connectivity index (χ0) is 18.8. The third kappa shape index (κ3) is 1.60. The molecule has 0 aromatic heterocycles. The van der Waals surface area contributed by atoms with Gasteiger partial charge in [0.05, 0.1) is 0 Å². The number of ketones is 2. The van der Waals surface area contributed by atoms with Crippen LogP contribution in [0.25, 0.3) is 0 Å². The van der Waals surface area contributed by atoms with Crippen molar-refractivity contribution in [2.75, 3.05) is 0 Å². The van der Waals surface area contributed by atoms with Crippen molar-refractivity contribution in [2.45, 2.75) is 92.4 Å². The van der Waals surface area contributed by atoms with E-state index < -0.39 is 0 Å². The van der Waals surface area contributed by atoms with Gasteiger partial charge in [-0.2, -0.15) is 0 Å². The molecular weight excluding hydrogens is 320 g/mol. The highest BCUT2D eigenvalue weighted by Crippen LogP contribution is 2.88. The van der Waals surface area contributed by atoms with Gasteiger partial charge in [0.1, 0.15) is 11.6 Å². The van der Waals surface area contributed by atoms with Gasteiger partial charge in [0, 0.05) is 17.8 Å². The Morgan fingerprint density at radius 3 is 2.19 bits per heavy atom. The predicted molar refractivity (Wildman–Crippen MR) is 103 cm³/mol. The van der Waals surface area contributed by atoms with Gasteiger partial charge in [0.2, 0.25) is 0 Å². The first-order valence-electron chi connectivity index (χ1n) is 11.1. The van der Waals surface area contributed by atoms with Gasteiger partial charge in [0.25, 0.3) is 0 Å². The Bertz CT molecular complexity index is 707. The molecule has 2 nitrogen and oxygen atoms in total. The Hall–Kier alpha value is -0.660. The molecule has 2 spiro atoms. The van der Waals surface area contributed by atoms with Crippen LogP contribution in [0.2, 0.25) is 0 Å². The van der Waals surface area contributed by atoms with E-state index >= 15 is 0 Å². The summed E-state index contributed by atoms with van der Waals surface area (Å²) in [5, 5.41) is 0. The molecule has 0 radical (unpaired) electrons. The van der Waals surface area contributed by atoms with E-state index in [0.717, 1.165) is 25.2 Å². The lowest BCUT2D eigenvalue weighted by atomic mass is 9.42. The maximum atomic E-state index is 12.7. The first-order valence-corrected chi connectivity index (χ1v) is 11.1. The predicted octanol–water partition coefficient (Wildman–Crippen LogP) is 5.58. The van der Waals surface area contributed by atoms with E-state index in [4.69, 9.17) is 0 Å². The van der Waals surface area contributed by atoms with Crippen molar-refractivity contribution >= 4 is 11.6 Å². The maximum absolute atomic E-state index is 12.7. The van der Waals surface area contributed by atoms with Crippen molar-refractivity contribution < 1.29 is 9.59 Å². The summed E-state index contributed by atoms with van der Waals surface area (Å²) in [5.41, 5.74) is 1.35. The lowest BCUT2D eigenvalue weighted by molar-refractivity contribution is -0.158. The van der Waals surface area contributed by atoms with Crippen molar-refractivity contribution in [3.63, 3.8) is 0 Å². The number of Topliss-reactive ketones (excluding diaryl/α,β-unsaturated/α-hetero) is 2. The van der Waals surface area contributed by atoms with E-state index in [0.29, 0.717) is 33.7 Å². The summed E-state index contributed by atoms with van der Waals surface area (Å²) in [4.78, 5) is 25.1. The molecule has 144 valence electrons. The Balaban J connectivity index is 1.56. The lowest BCUT2D eigenvalue weighted by Crippen LogP contribution is -2.57. The highest BCUT2D eigenvalue weighted by atomic mass is 16.1. The van der Waals surface area contributed by atoms with Crippen LogP contribution in [0.5, 0.6) is 0 Å². The van der Waals surface area contributed by atoms with Gasteiger partial charge in [-0.05, 0) is 91.8 Å². The van der Waals surface area contributed by atoms with E-state index in [1.54, 1.807) is 0 Å². The van der Waals surface area contributed by atoms with Gasteiger partial charge in [-0.15, -0.1) is 0 Å². The molecular formula is C24H36O2. The van der Waals surface area contributed by atoms with Crippen molar-refractivity contribution in [1.82, 2.24) is 0 Å². The molecule has 0 aromatic rings. The van der Waals surface area contributed by atoms with Crippen LogP contribution in [-0.4, -0.2) is 11.6 Å². The molecule has 0 bridgehead atoms. The minimum Gasteiger partial charge on any atom is -0.300 e. The van der Waals surface area contributed by atoms with Crippen LogP contribution in [0.1, 0.15) is 92.4 Å². The minimum absolute atomic E-state index is 0.119. The van der Waals surface area contributed by atoms with E-state index in [1.165, 1.54) is 38.5 Å². The second kappa shape index (κ2) is 4.66. The smallest absolute Gasteiger partial charge is 0.138 e. The van der Waals surface area contributed by atoms with Crippen LogP contribution in [-0.2, 0) is 9.59 Å². The fourth-order valence-corrected chi connectivity index (χ4v) is 9.81. The molecule has 5 aliphatic rings. The molecule has 0 aromatic carbocycles. The van der Waals surface area contributed by atoms with Crippen LogP contribution in [0.4, 0.5) is 0 Å². The van der Waals surface area contributed by atoms with Crippen LogP contribution < -0.4 is 0 Å². The molecule has 5 rings (SSSR count). The standard InChI is InChI=1S/C24H36O2/c1-15(25)16-8-10-22(5)18-7-6-17-20(2,3)19(26)9-11-23(17)14-24(18,23)13-12-21(16,22)4/h16-18H,6-14H2,1-5H3/t16?,17?,18?,21-,22+,23?,24?/m1/s1. The molecule has 5 saturated carbocycles. The Labute approximate surface area is 158 Å². The molecule has 5 unspecified atom stereocenters. The van der Waals surface area contributed by atoms with E-state index in [1.807, 2.05) is 6.92 Å². The summed E-state index contributed by atoms with van der Waals surface area (Å²) >= 11 is 0. The van der Waals surface area contributed by atoms with Crippen molar-refractivity contribution in [1.29, 1.82) is 0 Å². The summed E-state index contributed by atoms with van der Waals surface area (Å²) < 4.78 is 0. The molecule has 2 heteroatoms. The van der Waals surface area contributed by atoms with Gasteiger partial charge in [-0.25, -0.2) is 0 Å². The van der Waals surface area contributed by atoms with Crippen molar-refractivity contribution in [2.24, 2.45) is 44.8 Å². The molecule has 0 N–H and O–H groups in total. The lowest BCUT2D eigenvalue weighted by Gasteiger charge is -2.62. The van der Waals surface area contributed by atoms with Crippen LogP contribution >= 0.6 is 0 Å². The largest absolute Gasteiger partial charge is 0.300 e. The van der Waals surface area contributed by atoms with Crippen LogP contribution in [0.15, 0.2) is 0 Å². The second-order valence-corrected chi connectivity index (χ2v) is 11.9. The molecule has 5 aliphatic carbocycles. The topological polar surface area (TPSA) is 34.1 Å². The average Bonchev–Trinajstić information content (AvgIpc) is 3.14. The van der Waals surface area contributed by atoms with E-state index in [-0.39, 0.29) is 16.7 Å². The molecule has 0 heterocycles. The normalized spacial score (nSPS) is 56.8. The molecule has 7 atom stereocenters. The van der Waals surface area contributed by atoms with Gasteiger partial charge >= 0.3 is 0 Å². The third-order valence-electron chi connectivity index (χ3n) is 11.3. The molecule has 0 aliphatic heterocycles. The number of fused-ring (bicyclic) bond motifs is 2. The van der Waals surface area contributed by atoms with Gasteiger partial charge < -0.3 is 0 Å². The van der Waals surface area contributed by atoms with E-state index in [2.05, 4.69) is 27.7 Å². The zero-order valence-corrected chi connectivity index (χ0v) is 17.4. The average molecular weight is 357 g/mol. The highest BCUT2D eigenvalue weighted by Gasteiger charge is 2.82. The number of hydrogen-bond acceptors (Lipinski definition) is 2. The van der Waals surface area contributed by atoms with Crippen molar-refractivity contribution in [3.8, 4) is 0 Å². The minimum atomic E-state index is -0.119. The summed E-state index contributed by atoms with van der Waals surface area (Å²) in [6, 6.07) is 0. The van der Waals surface area contributed by atoms with Gasteiger partial charge in [-0.3, -0.25) is 9.59 Å². The summed E-state index contributed by atoms with van der Waals surface area (Å²) in [7, 11) is 0. The van der Waals surface area contributed by atoms with Gasteiger partial charge in [0.15, 0.2) is 0 Å². The Kier molecular flexibility index (Phi) is 3.13. The fourth-order valence-electron chi connectivity index (χ4n) is 9.81. The van der Waals surface area contributed by atoms with Gasteiger partial charge in [-0.1, -0.05) is 27.7 Å². The quantitative estimate of drug-likeness (QED) is 0.614. The number of hydrogen-bond donors (Lipinski definition) is 0. The van der Waals surface area contributed by atoms with Crippen molar-refractivity contribution in [3.05, 3.63) is 0 Å². The first kappa shape index (κ1) is 17.4. The molecule has 0 saturated heterocycles. The number of carbonyl (C=O) groups is 2. The Morgan fingerprint density at radius 2 is 1.50 bits per heavy atom. The monoisotopic (exact) mass is 356 g/mol. The maximum Gasteiger partial charge on any atom is 0.138 e. The third-order valence-corrected chi connectivity index (χ3v) is 11.3. The second-order valence-electron chi connectivity index (χ2n) is 11.9.